The van der Waals surface area contributed by atoms with Gasteiger partial charge in [0, 0.05) is 6.04 Å². The van der Waals surface area contributed by atoms with Crippen molar-refractivity contribution in [3.05, 3.63) is 47.0 Å². The largest absolute Gasteiger partial charge is 0.507 e. The smallest absolute Gasteiger partial charge is 0.145 e. The van der Waals surface area contributed by atoms with Crippen LogP contribution in [0.5, 0.6) is 5.75 Å². The van der Waals surface area contributed by atoms with Gasteiger partial charge in [-0.3, -0.25) is 0 Å². The van der Waals surface area contributed by atoms with E-state index in [4.69, 9.17) is 11.6 Å². The second-order valence-corrected chi connectivity index (χ2v) is 5.93. The fourth-order valence-electron chi connectivity index (χ4n) is 2.63. The molecular formula is C17H17ClN2O. The second kappa shape index (κ2) is 5.08. The van der Waals surface area contributed by atoms with E-state index in [1.807, 2.05) is 37.3 Å². The lowest BCUT2D eigenvalue weighted by Gasteiger charge is -2.14. The predicted octanol–water partition coefficient (Wildman–Crippen LogP) is 4.95. The molecule has 0 atom stereocenters. The van der Waals surface area contributed by atoms with Crippen molar-refractivity contribution in [1.29, 1.82) is 0 Å². The van der Waals surface area contributed by atoms with Gasteiger partial charge >= 0.3 is 0 Å². The third-order valence-electron chi connectivity index (χ3n) is 3.57. The number of rotatable bonds is 2. The monoisotopic (exact) mass is 300 g/mol. The van der Waals surface area contributed by atoms with E-state index in [-0.39, 0.29) is 11.8 Å². The van der Waals surface area contributed by atoms with Crippen molar-refractivity contribution in [2.75, 3.05) is 0 Å². The standard InChI is InChI=1S/C17H17ClN2O/c1-10(2)20-16-13(18)5-4-6-14(16)19-17(20)12-9-11(3)7-8-15(12)21/h4-10,21H,1-3H3. The van der Waals surface area contributed by atoms with Crippen molar-refractivity contribution >= 4 is 22.6 Å². The van der Waals surface area contributed by atoms with Crippen molar-refractivity contribution in [3.63, 3.8) is 0 Å². The SMILES string of the molecule is Cc1ccc(O)c(-c2nc3cccc(Cl)c3n2C(C)C)c1. The Hall–Kier alpha value is -2.00. The second-order valence-electron chi connectivity index (χ2n) is 5.53. The number of para-hydroxylation sites is 1. The minimum atomic E-state index is 0.185. The number of aromatic nitrogens is 2. The number of nitrogens with zero attached hydrogens (tertiary/aromatic N) is 2. The highest BCUT2D eigenvalue weighted by atomic mass is 35.5. The van der Waals surface area contributed by atoms with Crippen LogP contribution in [-0.4, -0.2) is 14.7 Å². The van der Waals surface area contributed by atoms with Gasteiger partial charge < -0.3 is 9.67 Å². The van der Waals surface area contributed by atoms with Gasteiger partial charge in [0.25, 0.3) is 0 Å². The summed E-state index contributed by atoms with van der Waals surface area (Å²) in [6, 6.07) is 11.4. The molecule has 0 amide bonds. The van der Waals surface area contributed by atoms with Crippen LogP contribution >= 0.6 is 11.6 Å². The number of hydrogen-bond donors (Lipinski definition) is 1. The molecule has 0 saturated carbocycles. The lowest BCUT2D eigenvalue weighted by molar-refractivity contribution is 0.476. The first-order valence-electron chi connectivity index (χ1n) is 6.95. The molecule has 3 aromatic rings. The zero-order valence-electron chi connectivity index (χ0n) is 12.3. The van der Waals surface area contributed by atoms with Gasteiger partial charge in [0.15, 0.2) is 0 Å². The molecule has 1 heterocycles. The molecule has 1 aromatic heterocycles. The first kappa shape index (κ1) is 14.0. The summed E-state index contributed by atoms with van der Waals surface area (Å²) >= 11 is 6.35. The Kier molecular flexibility index (Phi) is 3.38. The molecule has 0 saturated heterocycles. The van der Waals surface area contributed by atoms with Crippen LogP contribution in [0, 0.1) is 6.92 Å². The summed E-state index contributed by atoms with van der Waals surface area (Å²) in [7, 11) is 0. The Morgan fingerprint density at radius 2 is 1.95 bits per heavy atom. The maximum atomic E-state index is 10.2. The Morgan fingerprint density at radius 1 is 1.19 bits per heavy atom. The molecule has 0 bridgehead atoms. The first-order chi connectivity index (χ1) is 9.99. The molecule has 0 fully saturated rings. The molecule has 108 valence electrons. The van der Waals surface area contributed by atoms with Crippen molar-refractivity contribution in [2.45, 2.75) is 26.8 Å². The summed E-state index contributed by atoms with van der Waals surface area (Å²) in [6.07, 6.45) is 0. The third kappa shape index (κ3) is 2.28. The van der Waals surface area contributed by atoms with E-state index in [1.54, 1.807) is 6.07 Å². The molecule has 21 heavy (non-hydrogen) atoms. The molecule has 4 heteroatoms. The average Bonchev–Trinajstić information content (AvgIpc) is 2.82. The molecule has 3 nitrogen and oxygen atoms in total. The summed E-state index contributed by atoms with van der Waals surface area (Å²) in [5, 5.41) is 10.9. The highest BCUT2D eigenvalue weighted by Gasteiger charge is 2.19. The van der Waals surface area contributed by atoms with E-state index in [0.29, 0.717) is 5.02 Å². The van der Waals surface area contributed by atoms with Gasteiger partial charge in [0.1, 0.15) is 11.6 Å². The average molecular weight is 301 g/mol. The number of phenols is 1. The lowest BCUT2D eigenvalue weighted by atomic mass is 10.1. The Balaban J connectivity index is 2.40. The molecule has 0 aliphatic heterocycles. The van der Waals surface area contributed by atoms with Crippen molar-refractivity contribution < 1.29 is 5.11 Å². The van der Waals surface area contributed by atoms with Crippen molar-refractivity contribution in [3.8, 4) is 17.1 Å². The fraction of sp³-hybridized carbons (Fsp3) is 0.235. The molecule has 1 N–H and O–H groups in total. The number of halogens is 1. The maximum absolute atomic E-state index is 10.2. The number of aromatic hydroxyl groups is 1. The van der Waals surface area contributed by atoms with E-state index in [0.717, 1.165) is 28.0 Å². The number of hydrogen-bond acceptors (Lipinski definition) is 2. The minimum absolute atomic E-state index is 0.185. The van der Waals surface area contributed by atoms with E-state index in [2.05, 4.69) is 23.4 Å². The van der Waals surface area contributed by atoms with E-state index < -0.39 is 0 Å². The van der Waals surface area contributed by atoms with Crippen LogP contribution in [-0.2, 0) is 0 Å². The molecule has 0 spiro atoms. The zero-order chi connectivity index (χ0) is 15.1. The predicted molar refractivity (Wildman–Crippen MR) is 87.0 cm³/mol. The normalized spacial score (nSPS) is 11.5. The van der Waals surface area contributed by atoms with Gasteiger partial charge in [-0.25, -0.2) is 4.98 Å². The summed E-state index contributed by atoms with van der Waals surface area (Å²) in [6.45, 7) is 6.17. The highest BCUT2D eigenvalue weighted by Crippen LogP contribution is 2.36. The van der Waals surface area contributed by atoms with Crippen molar-refractivity contribution in [1.82, 2.24) is 9.55 Å². The van der Waals surface area contributed by atoms with Crippen LogP contribution in [0.2, 0.25) is 5.02 Å². The summed E-state index contributed by atoms with van der Waals surface area (Å²) < 4.78 is 2.08. The van der Waals surface area contributed by atoms with Crippen LogP contribution in [0.3, 0.4) is 0 Å². The van der Waals surface area contributed by atoms with E-state index in [9.17, 15) is 5.11 Å². The van der Waals surface area contributed by atoms with Crippen LogP contribution in [0.25, 0.3) is 22.4 Å². The van der Waals surface area contributed by atoms with Crippen LogP contribution in [0.1, 0.15) is 25.5 Å². The summed E-state index contributed by atoms with van der Waals surface area (Å²) in [4.78, 5) is 4.69. The van der Waals surface area contributed by atoms with Gasteiger partial charge in [-0.2, -0.15) is 0 Å². The van der Waals surface area contributed by atoms with Gasteiger partial charge in [-0.15, -0.1) is 0 Å². The number of fused-ring (bicyclic) bond motifs is 1. The molecule has 0 radical (unpaired) electrons. The Morgan fingerprint density at radius 3 is 2.67 bits per heavy atom. The van der Waals surface area contributed by atoms with Gasteiger partial charge in [0.2, 0.25) is 0 Å². The number of benzene rings is 2. The summed E-state index contributed by atoms with van der Waals surface area (Å²) in [5.41, 5.74) is 3.56. The Bertz CT molecular complexity index is 821. The molecule has 3 rings (SSSR count). The highest BCUT2D eigenvalue weighted by molar-refractivity contribution is 6.35. The summed E-state index contributed by atoms with van der Waals surface area (Å²) in [5.74, 6) is 0.975. The molecule has 0 aliphatic carbocycles. The number of aryl methyl sites for hydroxylation is 1. The Labute approximate surface area is 128 Å². The van der Waals surface area contributed by atoms with Gasteiger partial charge in [0.05, 0.1) is 21.6 Å². The third-order valence-corrected chi connectivity index (χ3v) is 3.88. The zero-order valence-corrected chi connectivity index (χ0v) is 13.0. The molecule has 0 aliphatic rings. The van der Waals surface area contributed by atoms with E-state index in [1.165, 1.54) is 0 Å². The first-order valence-corrected chi connectivity index (χ1v) is 7.33. The van der Waals surface area contributed by atoms with Gasteiger partial charge in [-0.1, -0.05) is 29.3 Å². The number of imidazole rings is 1. The van der Waals surface area contributed by atoms with Crippen LogP contribution in [0.4, 0.5) is 0 Å². The lowest BCUT2D eigenvalue weighted by Crippen LogP contribution is -2.03. The van der Waals surface area contributed by atoms with Crippen LogP contribution < -0.4 is 0 Å². The molecule has 2 aromatic carbocycles. The quantitative estimate of drug-likeness (QED) is 0.727. The maximum Gasteiger partial charge on any atom is 0.145 e. The number of phenolic OH excluding ortho intramolecular Hbond substituents is 1. The molecular weight excluding hydrogens is 284 g/mol. The van der Waals surface area contributed by atoms with Crippen molar-refractivity contribution in [2.24, 2.45) is 0 Å². The minimum Gasteiger partial charge on any atom is -0.507 e. The van der Waals surface area contributed by atoms with Gasteiger partial charge in [-0.05, 0) is 45.0 Å². The fourth-order valence-corrected chi connectivity index (χ4v) is 2.89. The topological polar surface area (TPSA) is 38.1 Å². The van der Waals surface area contributed by atoms with E-state index >= 15 is 0 Å². The molecule has 0 unspecified atom stereocenters. The van der Waals surface area contributed by atoms with Crippen LogP contribution in [0.15, 0.2) is 36.4 Å².